The van der Waals surface area contributed by atoms with Gasteiger partial charge in [0, 0.05) is 28.7 Å². The number of rotatable bonds is 6. The molecule has 4 rings (SSSR count). The highest BCUT2D eigenvalue weighted by molar-refractivity contribution is 7.98. The molecule has 28 heavy (non-hydrogen) atoms. The third-order valence-electron chi connectivity index (χ3n) is 4.53. The van der Waals surface area contributed by atoms with Crippen LogP contribution >= 0.6 is 11.8 Å². The van der Waals surface area contributed by atoms with Crippen LogP contribution in [0.3, 0.4) is 0 Å². The number of hydrogen-bond donors (Lipinski definition) is 1. The summed E-state index contributed by atoms with van der Waals surface area (Å²) in [5.41, 5.74) is 3.81. The molecule has 2 aromatic carbocycles. The van der Waals surface area contributed by atoms with Gasteiger partial charge < -0.3 is 9.88 Å². The first-order valence-electron chi connectivity index (χ1n) is 9.05. The molecule has 6 heteroatoms. The Balaban J connectivity index is 1.39. The summed E-state index contributed by atoms with van der Waals surface area (Å²) in [6, 6.07) is 19.4. The minimum absolute atomic E-state index is 0.0704. The minimum atomic E-state index is -0.355. The number of aromatic nitrogens is 3. The van der Waals surface area contributed by atoms with Crippen LogP contribution in [0.4, 0.5) is 5.69 Å². The van der Waals surface area contributed by atoms with Gasteiger partial charge in [0.2, 0.25) is 5.91 Å². The summed E-state index contributed by atoms with van der Waals surface area (Å²) >= 11 is 1.74. The van der Waals surface area contributed by atoms with Crippen molar-refractivity contribution >= 4 is 34.4 Å². The largest absolute Gasteiger partial charge is 0.324 e. The number of nitrogens with one attached hydrogen (secondary N) is 1. The van der Waals surface area contributed by atoms with E-state index < -0.39 is 0 Å². The molecule has 0 radical (unpaired) electrons. The number of imidazole rings is 1. The molecule has 0 saturated carbocycles. The summed E-state index contributed by atoms with van der Waals surface area (Å²) in [5, 5.41) is 2.99. The Bertz CT molecular complexity index is 1080. The van der Waals surface area contributed by atoms with E-state index in [9.17, 15) is 4.79 Å². The van der Waals surface area contributed by atoms with Crippen molar-refractivity contribution in [2.75, 3.05) is 5.32 Å². The SMILES string of the molecule is CC(C(=O)Nc1ccc(SCc2cccnc2)cc1)n1cnc2ccccc21. The third kappa shape index (κ3) is 4.07. The first-order chi connectivity index (χ1) is 13.7. The maximum Gasteiger partial charge on any atom is 0.247 e. The second-order valence-electron chi connectivity index (χ2n) is 6.48. The van der Waals surface area contributed by atoms with Crippen molar-refractivity contribution < 1.29 is 4.79 Å². The molecule has 0 fully saturated rings. The molecule has 140 valence electrons. The van der Waals surface area contributed by atoms with Gasteiger partial charge in [0.05, 0.1) is 17.4 Å². The third-order valence-corrected chi connectivity index (χ3v) is 5.61. The molecule has 0 aliphatic carbocycles. The predicted molar refractivity (Wildman–Crippen MR) is 113 cm³/mol. The van der Waals surface area contributed by atoms with Gasteiger partial charge in [-0.15, -0.1) is 11.8 Å². The fourth-order valence-electron chi connectivity index (χ4n) is 2.94. The summed E-state index contributed by atoms with van der Waals surface area (Å²) in [6.45, 7) is 1.88. The van der Waals surface area contributed by atoms with Gasteiger partial charge in [0.15, 0.2) is 0 Å². The van der Waals surface area contributed by atoms with E-state index in [0.29, 0.717) is 0 Å². The van der Waals surface area contributed by atoms with Crippen LogP contribution in [-0.2, 0) is 10.5 Å². The van der Waals surface area contributed by atoms with Gasteiger partial charge in [-0.3, -0.25) is 9.78 Å². The average Bonchev–Trinajstić information content (AvgIpc) is 3.17. The van der Waals surface area contributed by atoms with E-state index in [1.807, 2.05) is 72.3 Å². The summed E-state index contributed by atoms with van der Waals surface area (Å²) in [5.74, 6) is 0.795. The Morgan fingerprint density at radius 1 is 1.11 bits per heavy atom. The van der Waals surface area contributed by atoms with Crippen LogP contribution in [-0.4, -0.2) is 20.4 Å². The van der Waals surface area contributed by atoms with Crippen molar-refractivity contribution in [2.45, 2.75) is 23.6 Å². The topological polar surface area (TPSA) is 59.8 Å². The lowest BCUT2D eigenvalue weighted by molar-refractivity contribution is -0.118. The highest BCUT2D eigenvalue weighted by atomic mass is 32.2. The van der Waals surface area contributed by atoms with Crippen molar-refractivity contribution in [1.82, 2.24) is 14.5 Å². The summed E-state index contributed by atoms with van der Waals surface area (Å²) < 4.78 is 1.89. The van der Waals surface area contributed by atoms with Crippen LogP contribution in [0.25, 0.3) is 11.0 Å². The molecule has 2 aromatic heterocycles. The van der Waals surface area contributed by atoms with Gasteiger partial charge in [-0.2, -0.15) is 0 Å². The van der Waals surface area contributed by atoms with Crippen molar-refractivity contribution in [1.29, 1.82) is 0 Å². The minimum Gasteiger partial charge on any atom is -0.324 e. The highest BCUT2D eigenvalue weighted by Crippen LogP contribution is 2.24. The lowest BCUT2D eigenvalue weighted by atomic mass is 10.2. The number of thioether (sulfide) groups is 1. The molecular weight excluding hydrogens is 368 g/mol. The number of pyridine rings is 1. The first-order valence-corrected chi connectivity index (χ1v) is 10.0. The Hall–Kier alpha value is -3.12. The number of benzene rings is 2. The van der Waals surface area contributed by atoms with E-state index in [1.54, 1.807) is 24.3 Å². The van der Waals surface area contributed by atoms with E-state index in [2.05, 4.69) is 21.4 Å². The monoisotopic (exact) mass is 388 g/mol. The average molecular weight is 388 g/mol. The zero-order chi connectivity index (χ0) is 19.3. The molecule has 0 saturated heterocycles. The molecule has 1 unspecified atom stereocenters. The molecule has 1 atom stereocenters. The highest BCUT2D eigenvalue weighted by Gasteiger charge is 2.17. The number of carbonyl (C=O) groups excluding carboxylic acids is 1. The molecule has 0 bridgehead atoms. The van der Waals surface area contributed by atoms with E-state index in [4.69, 9.17) is 0 Å². The smallest absolute Gasteiger partial charge is 0.247 e. The van der Waals surface area contributed by atoms with E-state index in [1.165, 1.54) is 5.56 Å². The zero-order valence-electron chi connectivity index (χ0n) is 15.4. The second kappa shape index (κ2) is 8.27. The molecule has 1 N–H and O–H groups in total. The van der Waals surface area contributed by atoms with Crippen LogP contribution in [0.5, 0.6) is 0 Å². The van der Waals surface area contributed by atoms with Gasteiger partial charge in [0.1, 0.15) is 6.04 Å². The molecule has 0 spiro atoms. The lowest BCUT2D eigenvalue weighted by Gasteiger charge is -2.15. The number of anilines is 1. The van der Waals surface area contributed by atoms with Gasteiger partial charge in [-0.1, -0.05) is 18.2 Å². The lowest BCUT2D eigenvalue weighted by Crippen LogP contribution is -2.23. The van der Waals surface area contributed by atoms with Crippen LogP contribution in [0.1, 0.15) is 18.5 Å². The number of para-hydroxylation sites is 2. The van der Waals surface area contributed by atoms with E-state index >= 15 is 0 Å². The number of fused-ring (bicyclic) bond motifs is 1. The van der Waals surface area contributed by atoms with Crippen LogP contribution in [0.2, 0.25) is 0 Å². The van der Waals surface area contributed by atoms with Crippen LogP contribution in [0.15, 0.2) is 84.3 Å². The van der Waals surface area contributed by atoms with Crippen molar-refractivity contribution in [3.8, 4) is 0 Å². The molecule has 2 heterocycles. The van der Waals surface area contributed by atoms with Gasteiger partial charge >= 0.3 is 0 Å². The molecular formula is C22H20N4OS. The maximum absolute atomic E-state index is 12.7. The number of carbonyl (C=O) groups is 1. The van der Waals surface area contributed by atoms with Gasteiger partial charge in [-0.05, 0) is 55.0 Å². The van der Waals surface area contributed by atoms with Gasteiger partial charge in [-0.25, -0.2) is 4.98 Å². The van der Waals surface area contributed by atoms with Crippen LogP contribution in [0, 0.1) is 0 Å². The zero-order valence-corrected chi connectivity index (χ0v) is 16.3. The number of amides is 1. The molecule has 5 nitrogen and oxygen atoms in total. The van der Waals surface area contributed by atoms with Crippen molar-refractivity contribution in [3.05, 3.63) is 84.9 Å². The van der Waals surface area contributed by atoms with Crippen LogP contribution < -0.4 is 5.32 Å². The number of hydrogen-bond acceptors (Lipinski definition) is 4. The van der Waals surface area contributed by atoms with E-state index in [-0.39, 0.29) is 11.9 Å². The molecule has 0 aliphatic rings. The standard InChI is InChI=1S/C22H20N4OS/c1-16(26-15-24-20-6-2-3-7-21(20)26)22(27)25-18-8-10-19(11-9-18)28-14-17-5-4-12-23-13-17/h2-13,15-16H,14H2,1H3,(H,25,27). The fraction of sp³-hybridized carbons (Fsp3) is 0.136. The first kappa shape index (κ1) is 18.3. The maximum atomic E-state index is 12.7. The van der Waals surface area contributed by atoms with Crippen molar-refractivity contribution in [2.24, 2.45) is 0 Å². The second-order valence-corrected chi connectivity index (χ2v) is 7.53. The summed E-state index contributed by atoms with van der Waals surface area (Å²) in [4.78, 5) is 22.3. The Morgan fingerprint density at radius 3 is 2.71 bits per heavy atom. The predicted octanol–water partition coefficient (Wildman–Crippen LogP) is 4.92. The summed E-state index contributed by atoms with van der Waals surface area (Å²) in [7, 11) is 0. The normalized spacial score (nSPS) is 12.0. The molecule has 1 amide bonds. The Kier molecular flexibility index (Phi) is 5.39. The fourth-order valence-corrected chi connectivity index (χ4v) is 3.78. The van der Waals surface area contributed by atoms with E-state index in [0.717, 1.165) is 27.4 Å². The summed E-state index contributed by atoms with van der Waals surface area (Å²) in [6.07, 6.45) is 5.37. The Morgan fingerprint density at radius 2 is 1.93 bits per heavy atom. The Labute approximate surface area is 167 Å². The van der Waals surface area contributed by atoms with Gasteiger partial charge in [0.25, 0.3) is 0 Å². The quantitative estimate of drug-likeness (QED) is 0.476. The van der Waals surface area contributed by atoms with Crippen molar-refractivity contribution in [3.63, 3.8) is 0 Å². The molecule has 0 aliphatic heterocycles. The number of nitrogens with zero attached hydrogens (tertiary/aromatic N) is 3. The molecule has 4 aromatic rings.